The van der Waals surface area contributed by atoms with Crippen molar-refractivity contribution in [1.82, 2.24) is 9.88 Å². The minimum absolute atomic E-state index is 0.107. The summed E-state index contributed by atoms with van der Waals surface area (Å²) >= 11 is 0. The van der Waals surface area contributed by atoms with Crippen LogP contribution in [0, 0.1) is 20.8 Å². The third-order valence-corrected chi connectivity index (χ3v) is 4.26. The fourth-order valence-electron chi connectivity index (χ4n) is 2.66. The molecule has 1 unspecified atom stereocenters. The van der Waals surface area contributed by atoms with Crippen LogP contribution in [0.4, 0.5) is 0 Å². The Labute approximate surface area is 133 Å². The fraction of sp³-hybridized carbons (Fsp3) is 0.421. The van der Waals surface area contributed by atoms with E-state index in [9.17, 15) is 4.79 Å². The molecule has 0 radical (unpaired) electrons. The highest BCUT2D eigenvalue weighted by Crippen LogP contribution is 2.20. The molecule has 2 rings (SSSR count). The fourth-order valence-corrected chi connectivity index (χ4v) is 2.66. The molecule has 1 heterocycles. The average molecular weight is 298 g/mol. The van der Waals surface area contributed by atoms with E-state index in [0.29, 0.717) is 12.6 Å². The molecule has 0 aliphatic heterocycles. The van der Waals surface area contributed by atoms with Gasteiger partial charge in [0.2, 0.25) is 0 Å². The van der Waals surface area contributed by atoms with E-state index in [-0.39, 0.29) is 5.43 Å². The van der Waals surface area contributed by atoms with Gasteiger partial charge in [0.15, 0.2) is 5.43 Å². The third-order valence-electron chi connectivity index (χ3n) is 4.26. The summed E-state index contributed by atoms with van der Waals surface area (Å²) in [6.45, 7) is 11.1. The normalized spacial score (nSPS) is 12.4. The zero-order valence-electron chi connectivity index (χ0n) is 14.2. The SMILES string of the molecule is CCC(C)NCc1cn(-c2c(C)cccc2C)c(C)cc1=O. The maximum atomic E-state index is 12.2. The molecule has 22 heavy (non-hydrogen) atoms. The number of para-hydroxylation sites is 1. The third kappa shape index (κ3) is 3.47. The largest absolute Gasteiger partial charge is 0.320 e. The van der Waals surface area contributed by atoms with Gasteiger partial charge in [0.05, 0.1) is 5.69 Å². The van der Waals surface area contributed by atoms with Gasteiger partial charge in [-0.3, -0.25) is 4.79 Å². The number of nitrogens with one attached hydrogen (secondary N) is 1. The van der Waals surface area contributed by atoms with Crippen LogP contribution >= 0.6 is 0 Å². The Bertz CT molecular complexity index is 696. The molecule has 3 nitrogen and oxygen atoms in total. The Morgan fingerprint density at radius 1 is 1.18 bits per heavy atom. The van der Waals surface area contributed by atoms with Gasteiger partial charge in [0.25, 0.3) is 0 Å². The predicted octanol–water partition coefficient (Wildman–Crippen LogP) is 3.65. The predicted molar refractivity (Wildman–Crippen MR) is 92.8 cm³/mol. The van der Waals surface area contributed by atoms with E-state index in [1.165, 1.54) is 16.8 Å². The summed E-state index contributed by atoms with van der Waals surface area (Å²) in [4.78, 5) is 12.2. The molecule has 118 valence electrons. The Balaban J connectivity index is 2.47. The van der Waals surface area contributed by atoms with E-state index in [2.05, 4.69) is 55.8 Å². The molecule has 0 aliphatic rings. The molecule has 0 amide bonds. The van der Waals surface area contributed by atoms with Crippen molar-refractivity contribution in [2.45, 2.75) is 53.6 Å². The summed E-state index contributed by atoms with van der Waals surface area (Å²) < 4.78 is 2.14. The maximum Gasteiger partial charge on any atom is 0.186 e. The number of hydrogen-bond acceptors (Lipinski definition) is 2. The molecule has 1 N–H and O–H groups in total. The summed E-state index contributed by atoms with van der Waals surface area (Å²) in [5.41, 5.74) is 5.49. The molecule has 1 atom stereocenters. The lowest BCUT2D eigenvalue weighted by Gasteiger charge is -2.18. The Kier molecular flexibility index (Phi) is 5.19. The maximum absolute atomic E-state index is 12.2. The molecular weight excluding hydrogens is 272 g/mol. The zero-order chi connectivity index (χ0) is 16.3. The molecule has 0 spiro atoms. The quantitative estimate of drug-likeness (QED) is 0.914. The van der Waals surface area contributed by atoms with Crippen molar-refractivity contribution in [3.8, 4) is 5.69 Å². The van der Waals surface area contributed by atoms with Gasteiger partial charge in [-0.2, -0.15) is 0 Å². The van der Waals surface area contributed by atoms with Crippen molar-refractivity contribution in [3.05, 3.63) is 63.1 Å². The number of benzene rings is 1. The number of hydrogen-bond donors (Lipinski definition) is 1. The van der Waals surface area contributed by atoms with Gasteiger partial charge in [-0.15, -0.1) is 0 Å². The first-order valence-electron chi connectivity index (χ1n) is 7.96. The average Bonchev–Trinajstić information content (AvgIpc) is 2.47. The lowest BCUT2D eigenvalue weighted by atomic mass is 10.1. The van der Waals surface area contributed by atoms with Crippen LogP contribution in [0.5, 0.6) is 0 Å². The highest BCUT2D eigenvalue weighted by atomic mass is 16.1. The van der Waals surface area contributed by atoms with Gasteiger partial charge >= 0.3 is 0 Å². The Morgan fingerprint density at radius 2 is 1.82 bits per heavy atom. The number of aryl methyl sites for hydroxylation is 3. The van der Waals surface area contributed by atoms with Crippen molar-refractivity contribution in [3.63, 3.8) is 0 Å². The second kappa shape index (κ2) is 6.93. The molecule has 0 saturated carbocycles. The standard InChI is InChI=1S/C19H26N2O/c1-6-15(4)20-11-17-12-21(16(5)10-18(17)22)19-13(2)8-7-9-14(19)3/h7-10,12,15,20H,6,11H2,1-5H3. The molecular formula is C19H26N2O. The molecule has 0 aliphatic carbocycles. The second-order valence-electron chi connectivity index (χ2n) is 6.10. The van der Waals surface area contributed by atoms with Crippen LogP contribution in [0.15, 0.2) is 35.3 Å². The Morgan fingerprint density at radius 3 is 2.41 bits per heavy atom. The summed E-state index contributed by atoms with van der Waals surface area (Å²) in [6.07, 6.45) is 3.04. The molecule has 0 bridgehead atoms. The molecule has 0 fully saturated rings. The first kappa shape index (κ1) is 16.5. The van der Waals surface area contributed by atoms with Crippen LogP contribution in [-0.4, -0.2) is 10.6 Å². The van der Waals surface area contributed by atoms with Crippen LogP contribution in [-0.2, 0) is 6.54 Å². The van der Waals surface area contributed by atoms with Crippen LogP contribution in [0.2, 0.25) is 0 Å². The first-order chi connectivity index (χ1) is 10.4. The van der Waals surface area contributed by atoms with E-state index in [0.717, 1.165) is 17.7 Å². The molecule has 2 aromatic rings. The van der Waals surface area contributed by atoms with Gasteiger partial charge in [0, 0.05) is 36.1 Å². The highest BCUT2D eigenvalue weighted by Gasteiger charge is 2.10. The first-order valence-corrected chi connectivity index (χ1v) is 7.96. The number of rotatable bonds is 5. The van der Waals surface area contributed by atoms with Crippen molar-refractivity contribution in [2.75, 3.05) is 0 Å². The van der Waals surface area contributed by atoms with E-state index < -0.39 is 0 Å². The summed E-state index contributed by atoms with van der Waals surface area (Å²) in [7, 11) is 0. The van der Waals surface area contributed by atoms with E-state index in [1.54, 1.807) is 6.07 Å². The number of aromatic nitrogens is 1. The summed E-state index contributed by atoms with van der Waals surface area (Å²) in [5, 5.41) is 3.40. The minimum Gasteiger partial charge on any atom is -0.320 e. The van der Waals surface area contributed by atoms with Crippen LogP contribution in [0.25, 0.3) is 5.69 Å². The van der Waals surface area contributed by atoms with Crippen molar-refractivity contribution in [1.29, 1.82) is 0 Å². The zero-order valence-corrected chi connectivity index (χ0v) is 14.2. The lowest BCUT2D eigenvalue weighted by molar-refractivity contribution is 0.531. The smallest absolute Gasteiger partial charge is 0.186 e. The van der Waals surface area contributed by atoms with Crippen LogP contribution in [0.1, 0.15) is 42.7 Å². The molecule has 1 aromatic carbocycles. The van der Waals surface area contributed by atoms with Gasteiger partial charge in [-0.1, -0.05) is 25.1 Å². The number of pyridine rings is 1. The van der Waals surface area contributed by atoms with Gasteiger partial charge in [0.1, 0.15) is 0 Å². The van der Waals surface area contributed by atoms with Crippen LogP contribution < -0.4 is 10.7 Å². The van der Waals surface area contributed by atoms with Crippen molar-refractivity contribution >= 4 is 0 Å². The minimum atomic E-state index is 0.107. The topological polar surface area (TPSA) is 34.0 Å². The molecule has 0 saturated heterocycles. The van der Waals surface area contributed by atoms with E-state index in [4.69, 9.17) is 0 Å². The van der Waals surface area contributed by atoms with Gasteiger partial charge < -0.3 is 9.88 Å². The van der Waals surface area contributed by atoms with Gasteiger partial charge in [-0.25, -0.2) is 0 Å². The number of nitrogens with zero attached hydrogens (tertiary/aromatic N) is 1. The van der Waals surface area contributed by atoms with Gasteiger partial charge in [-0.05, 0) is 45.2 Å². The summed E-state index contributed by atoms with van der Waals surface area (Å²) in [6, 6.07) is 8.43. The van der Waals surface area contributed by atoms with Crippen molar-refractivity contribution in [2.24, 2.45) is 0 Å². The molecule has 1 aromatic heterocycles. The Hall–Kier alpha value is -1.87. The lowest BCUT2D eigenvalue weighted by Crippen LogP contribution is -2.28. The van der Waals surface area contributed by atoms with E-state index >= 15 is 0 Å². The second-order valence-corrected chi connectivity index (χ2v) is 6.10. The summed E-state index contributed by atoms with van der Waals surface area (Å²) in [5.74, 6) is 0. The van der Waals surface area contributed by atoms with Crippen molar-refractivity contribution < 1.29 is 0 Å². The van der Waals surface area contributed by atoms with Crippen LogP contribution in [0.3, 0.4) is 0 Å². The monoisotopic (exact) mass is 298 g/mol. The molecule has 3 heteroatoms. The van der Waals surface area contributed by atoms with E-state index in [1.807, 2.05) is 13.1 Å². The highest BCUT2D eigenvalue weighted by molar-refractivity contribution is 5.48.